The Balaban J connectivity index is 1.52. The molecule has 1 aliphatic rings. The van der Waals surface area contributed by atoms with Crippen molar-refractivity contribution in [3.05, 3.63) is 65.2 Å². The van der Waals surface area contributed by atoms with E-state index in [0.717, 1.165) is 24.9 Å². The van der Waals surface area contributed by atoms with E-state index in [0.29, 0.717) is 12.3 Å². The van der Waals surface area contributed by atoms with E-state index in [1.54, 1.807) is 6.07 Å². The monoisotopic (exact) mass is 367 g/mol. The van der Waals surface area contributed by atoms with E-state index in [-0.39, 0.29) is 17.6 Å². The van der Waals surface area contributed by atoms with Gasteiger partial charge in [-0.15, -0.1) is 0 Å². The summed E-state index contributed by atoms with van der Waals surface area (Å²) in [7, 11) is 2.05. The van der Waals surface area contributed by atoms with Crippen LogP contribution in [-0.4, -0.2) is 41.2 Å². The lowest BCUT2D eigenvalue weighted by Gasteiger charge is -2.34. The van der Waals surface area contributed by atoms with Crippen molar-refractivity contribution in [2.45, 2.75) is 44.8 Å². The SMILES string of the molecule is CN1Cc2cc(O)ccc2C[C@H]1CNC(=O)NC(C)(C)Cc1ccccc1. The van der Waals surface area contributed by atoms with Crippen LogP contribution < -0.4 is 10.6 Å². The van der Waals surface area contributed by atoms with Crippen molar-refractivity contribution >= 4 is 6.03 Å². The average Bonchev–Trinajstić information content (AvgIpc) is 2.60. The molecule has 0 saturated carbocycles. The lowest BCUT2D eigenvalue weighted by molar-refractivity contribution is 0.199. The first kappa shape index (κ1) is 19.2. The molecule has 0 fully saturated rings. The Kier molecular flexibility index (Phi) is 5.71. The number of amides is 2. The summed E-state index contributed by atoms with van der Waals surface area (Å²) in [6.07, 6.45) is 1.64. The lowest BCUT2D eigenvalue weighted by atomic mass is 9.94. The van der Waals surface area contributed by atoms with Crippen LogP contribution in [0.15, 0.2) is 48.5 Å². The van der Waals surface area contributed by atoms with E-state index in [2.05, 4.69) is 34.7 Å². The first-order chi connectivity index (χ1) is 12.8. The summed E-state index contributed by atoms with van der Waals surface area (Å²) in [5.74, 6) is 0.304. The van der Waals surface area contributed by atoms with Gasteiger partial charge >= 0.3 is 6.03 Å². The molecule has 0 bridgehead atoms. The van der Waals surface area contributed by atoms with Gasteiger partial charge in [-0.3, -0.25) is 4.90 Å². The summed E-state index contributed by atoms with van der Waals surface area (Å²) in [6.45, 7) is 5.44. The topological polar surface area (TPSA) is 64.6 Å². The first-order valence-corrected chi connectivity index (χ1v) is 9.43. The van der Waals surface area contributed by atoms with Crippen LogP contribution in [0, 0.1) is 0 Å². The molecule has 0 aliphatic carbocycles. The molecular formula is C22H29N3O2. The van der Waals surface area contributed by atoms with Crippen molar-refractivity contribution in [3.63, 3.8) is 0 Å². The standard InChI is InChI=1S/C22H29N3O2/c1-22(2,13-16-7-5-4-6-8-16)24-21(27)23-14-19-11-17-9-10-20(26)12-18(17)15-25(19)3/h4-10,12,19,26H,11,13-15H2,1-3H3,(H2,23,24,27)/t19-/m0/s1. The van der Waals surface area contributed by atoms with E-state index in [1.165, 1.54) is 11.1 Å². The van der Waals surface area contributed by atoms with Gasteiger partial charge in [0.25, 0.3) is 0 Å². The molecule has 0 spiro atoms. The summed E-state index contributed by atoms with van der Waals surface area (Å²) in [5, 5.41) is 15.8. The molecule has 3 rings (SSSR count). The zero-order valence-electron chi connectivity index (χ0n) is 16.3. The van der Waals surface area contributed by atoms with Crippen LogP contribution in [0.1, 0.15) is 30.5 Å². The largest absolute Gasteiger partial charge is 0.508 e. The third-order valence-electron chi connectivity index (χ3n) is 5.13. The second-order valence-corrected chi connectivity index (χ2v) is 8.11. The molecule has 3 N–H and O–H groups in total. The van der Waals surface area contributed by atoms with Gasteiger partial charge in [0, 0.05) is 24.7 Å². The van der Waals surface area contributed by atoms with Gasteiger partial charge in [0.15, 0.2) is 0 Å². The Morgan fingerprint density at radius 3 is 2.67 bits per heavy atom. The summed E-state index contributed by atoms with van der Waals surface area (Å²) < 4.78 is 0. The van der Waals surface area contributed by atoms with Crippen molar-refractivity contribution in [3.8, 4) is 5.75 Å². The normalized spacial score (nSPS) is 17.2. The van der Waals surface area contributed by atoms with E-state index in [1.807, 2.05) is 44.2 Å². The lowest BCUT2D eigenvalue weighted by Crippen LogP contribution is -2.53. The second-order valence-electron chi connectivity index (χ2n) is 8.11. The Morgan fingerprint density at radius 1 is 1.19 bits per heavy atom. The highest BCUT2D eigenvalue weighted by molar-refractivity contribution is 5.74. The summed E-state index contributed by atoms with van der Waals surface area (Å²) in [5.41, 5.74) is 3.27. The molecule has 0 saturated heterocycles. The number of rotatable bonds is 5. The number of benzene rings is 2. The molecule has 0 unspecified atom stereocenters. The van der Waals surface area contributed by atoms with Gasteiger partial charge in [-0.1, -0.05) is 36.4 Å². The molecule has 144 valence electrons. The molecular weight excluding hydrogens is 338 g/mol. The van der Waals surface area contributed by atoms with Crippen LogP contribution >= 0.6 is 0 Å². The maximum Gasteiger partial charge on any atom is 0.315 e. The Bertz CT molecular complexity index is 789. The van der Waals surface area contributed by atoms with Crippen molar-refractivity contribution < 1.29 is 9.90 Å². The molecule has 5 nitrogen and oxygen atoms in total. The number of hydrogen-bond acceptors (Lipinski definition) is 3. The van der Waals surface area contributed by atoms with Crippen molar-refractivity contribution in [1.82, 2.24) is 15.5 Å². The first-order valence-electron chi connectivity index (χ1n) is 9.43. The number of urea groups is 1. The average molecular weight is 367 g/mol. The fourth-order valence-corrected chi connectivity index (χ4v) is 3.71. The highest BCUT2D eigenvalue weighted by atomic mass is 16.3. The Morgan fingerprint density at radius 2 is 1.93 bits per heavy atom. The number of hydrogen-bond donors (Lipinski definition) is 3. The molecule has 2 aromatic carbocycles. The van der Waals surface area contributed by atoms with E-state index in [4.69, 9.17) is 0 Å². The van der Waals surface area contributed by atoms with Crippen LogP contribution in [0.2, 0.25) is 0 Å². The molecule has 1 heterocycles. The number of likely N-dealkylation sites (N-methyl/N-ethyl adjacent to an activating group) is 1. The minimum atomic E-state index is -0.325. The number of nitrogens with zero attached hydrogens (tertiary/aromatic N) is 1. The van der Waals surface area contributed by atoms with Crippen molar-refractivity contribution in [2.24, 2.45) is 0 Å². The van der Waals surface area contributed by atoms with Crippen LogP contribution in [0.4, 0.5) is 4.79 Å². The molecule has 1 aliphatic heterocycles. The molecule has 5 heteroatoms. The summed E-state index contributed by atoms with van der Waals surface area (Å²) >= 11 is 0. The van der Waals surface area contributed by atoms with Gasteiger partial charge in [0.1, 0.15) is 5.75 Å². The smallest absolute Gasteiger partial charge is 0.315 e. The predicted octanol–water partition coefficient (Wildman–Crippen LogP) is 3.07. The van der Waals surface area contributed by atoms with Crippen LogP contribution in [0.3, 0.4) is 0 Å². The number of phenols is 1. The van der Waals surface area contributed by atoms with Gasteiger partial charge in [0.05, 0.1) is 0 Å². The minimum absolute atomic E-state index is 0.138. The number of carbonyl (C=O) groups excluding carboxylic acids is 1. The van der Waals surface area contributed by atoms with E-state index < -0.39 is 0 Å². The number of phenolic OH excluding ortho intramolecular Hbond substituents is 1. The quantitative estimate of drug-likeness (QED) is 0.761. The Hall–Kier alpha value is -2.53. The highest BCUT2D eigenvalue weighted by Gasteiger charge is 2.25. The third-order valence-corrected chi connectivity index (χ3v) is 5.13. The summed E-state index contributed by atoms with van der Waals surface area (Å²) in [6, 6.07) is 15.8. The van der Waals surface area contributed by atoms with Gasteiger partial charge in [-0.25, -0.2) is 4.79 Å². The van der Waals surface area contributed by atoms with Crippen LogP contribution in [-0.2, 0) is 19.4 Å². The second kappa shape index (κ2) is 8.01. The number of fused-ring (bicyclic) bond motifs is 1. The molecule has 2 amide bonds. The van der Waals surface area contributed by atoms with Gasteiger partial charge in [0.2, 0.25) is 0 Å². The minimum Gasteiger partial charge on any atom is -0.508 e. The number of carbonyl (C=O) groups is 1. The van der Waals surface area contributed by atoms with E-state index in [9.17, 15) is 9.90 Å². The van der Waals surface area contributed by atoms with E-state index >= 15 is 0 Å². The van der Waals surface area contributed by atoms with Gasteiger partial charge < -0.3 is 15.7 Å². The number of nitrogens with one attached hydrogen (secondary N) is 2. The Labute approximate surface area is 161 Å². The highest BCUT2D eigenvalue weighted by Crippen LogP contribution is 2.25. The number of aromatic hydroxyl groups is 1. The fraction of sp³-hybridized carbons (Fsp3) is 0.409. The maximum atomic E-state index is 12.4. The molecule has 0 aromatic heterocycles. The maximum absolute atomic E-state index is 12.4. The van der Waals surface area contributed by atoms with Crippen LogP contribution in [0.5, 0.6) is 5.75 Å². The third kappa shape index (κ3) is 5.23. The summed E-state index contributed by atoms with van der Waals surface area (Å²) in [4.78, 5) is 14.6. The van der Waals surface area contributed by atoms with Crippen molar-refractivity contribution in [1.29, 1.82) is 0 Å². The molecule has 27 heavy (non-hydrogen) atoms. The van der Waals surface area contributed by atoms with Gasteiger partial charge in [-0.2, -0.15) is 0 Å². The van der Waals surface area contributed by atoms with Crippen LogP contribution in [0.25, 0.3) is 0 Å². The zero-order chi connectivity index (χ0) is 19.4. The van der Waals surface area contributed by atoms with Gasteiger partial charge in [-0.05, 0) is 62.6 Å². The zero-order valence-corrected chi connectivity index (χ0v) is 16.3. The van der Waals surface area contributed by atoms with Crippen molar-refractivity contribution in [2.75, 3.05) is 13.6 Å². The molecule has 1 atom stereocenters. The predicted molar refractivity (Wildman–Crippen MR) is 108 cm³/mol. The molecule has 0 radical (unpaired) electrons. The fourth-order valence-electron chi connectivity index (χ4n) is 3.71. The molecule has 2 aromatic rings.